The molecule has 0 spiro atoms. The Kier molecular flexibility index (Phi) is 5.34. The maximum absolute atomic E-state index is 11.9. The lowest BCUT2D eigenvalue weighted by atomic mass is 10.2. The topological polar surface area (TPSA) is 38.3 Å². The molecule has 1 N–H and O–H groups in total. The molecule has 0 aromatic heterocycles. The van der Waals surface area contributed by atoms with Crippen LogP contribution in [0.25, 0.3) is 0 Å². The molecule has 0 saturated heterocycles. The molecule has 0 radical (unpaired) electrons. The van der Waals surface area contributed by atoms with Crippen molar-refractivity contribution in [3.8, 4) is 5.75 Å². The number of para-hydroxylation sites is 1. The third kappa shape index (κ3) is 4.27. The Morgan fingerprint density at radius 2 is 1.81 bits per heavy atom. The molecule has 0 bridgehead atoms. The van der Waals surface area contributed by atoms with Crippen LogP contribution >= 0.6 is 34.8 Å². The van der Waals surface area contributed by atoms with Crippen molar-refractivity contribution >= 4 is 46.4 Å². The van der Waals surface area contributed by atoms with E-state index in [1.807, 2.05) is 6.92 Å². The molecule has 2 aromatic carbocycles. The molecule has 0 atom stereocenters. The van der Waals surface area contributed by atoms with Crippen molar-refractivity contribution in [2.45, 2.75) is 6.92 Å². The second kappa shape index (κ2) is 7.03. The second-order valence-electron chi connectivity index (χ2n) is 4.34. The maximum Gasteiger partial charge on any atom is 0.262 e. The Morgan fingerprint density at radius 3 is 2.43 bits per heavy atom. The van der Waals surface area contributed by atoms with Gasteiger partial charge in [-0.2, -0.15) is 0 Å². The van der Waals surface area contributed by atoms with Crippen LogP contribution < -0.4 is 10.1 Å². The summed E-state index contributed by atoms with van der Waals surface area (Å²) in [5.74, 6) is 0.249. The number of anilines is 1. The van der Waals surface area contributed by atoms with Crippen LogP contribution in [-0.2, 0) is 4.79 Å². The van der Waals surface area contributed by atoms with Gasteiger partial charge in [0.2, 0.25) is 0 Å². The van der Waals surface area contributed by atoms with Crippen molar-refractivity contribution in [3.05, 3.63) is 57.0 Å². The molecule has 110 valence electrons. The number of amides is 1. The molecule has 6 heteroatoms. The Balaban J connectivity index is 1.99. The molecule has 2 rings (SSSR count). The Hall–Kier alpha value is -1.42. The number of aryl methyl sites for hydroxylation is 1. The van der Waals surface area contributed by atoms with Crippen molar-refractivity contribution in [2.24, 2.45) is 0 Å². The van der Waals surface area contributed by atoms with E-state index in [4.69, 9.17) is 39.5 Å². The predicted molar refractivity (Wildman–Crippen MR) is 86.8 cm³/mol. The third-order valence-corrected chi connectivity index (χ3v) is 3.59. The smallest absolute Gasteiger partial charge is 0.262 e. The molecule has 0 fully saturated rings. The van der Waals surface area contributed by atoms with Crippen LogP contribution in [0.15, 0.2) is 36.4 Å². The fourth-order valence-corrected chi connectivity index (χ4v) is 2.43. The Morgan fingerprint density at radius 1 is 1.14 bits per heavy atom. The van der Waals surface area contributed by atoms with Crippen LogP contribution in [-0.4, -0.2) is 12.5 Å². The summed E-state index contributed by atoms with van der Waals surface area (Å²) in [6.45, 7) is 1.70. The predicted octanol–water partition coefficient (Wildman–Crippen LogP) is 4.97. The van der Waals surface area contributed by atoms with Gasteiger partial charge < -0.3 is 10.1 Å². The normalized spacial score (nSPS) is 10.3. The molecule has 0 aliphatic heterocycles. The highest BCUT2D eigenvalue weighted by atomic mass is 35.5. The number of ether oxygens (including phenoxy) is 1. The van der Waals surface area contributed by atoms with Gasteiger partial charge in [0.15, 0.2) is 6.61 Å². The number of hydrogen-bond acceptors (Lipinski definition) is 2. The number of rotatable bonds is 4. The van der Waals surface area contributed by atoms with Crippen LogP contribution in [0.3, 0.4) is 0 Å². The lowest BCUT2D eigenvalue weighted by Crippen LogP contribution is -2.20. The number of carbonyl (C=O) groups excluding carboxylic acids is 1. The first kappa shape index (κ1) is 16.0. The summed E-state index contributed by atoms with van der Waals surface area (Å²) >= 11 is 17.8. The standard InChI is InChI=1S/C15H12Cl3NO2/c1-9-7-10(16)5-6-13(9)21-8-14(20)19-15-11(17)3-2-4-12(15)18/h2-7H,8H2,1H3,(H,19,20). The van der Waals surface area contributed by atoms with E-state index < -0.39 is 0 Å². The van der Waals surface area contributed by atoms with E-state index in [2.05, 4.69) is 5.32 Å². The third-order valence-electron chi connectivity index (χ3n) is 2.72. The fraction of sp³-hybridized carbons (Fsp3) is 0.133. The lowest BCUT2D eigenvalue weighted by Gasteiger charge is -2.11. The summed E-state index contributed by atoms with van der Waals surface area (Å²) in [7, 11) is 0. The monoisotopic (exact) mass is 343 g/mol. The number of halogens is 3. The zero-order valence-electron chi connectivity index (χ0n) is 11.1. The number of benzene rings is 2. The summed E-state index contributed by atoms with van der Waals surface area (Å²) < 4.78 is 5.45. The molecule has 0 heterocycles. The summed E-state index contributed by atoms with van der Waals surface area (Å²) in [4.78, 5) is 11.9. The SMILES string of the molecule is Cc1cc(Cl)ccc1OCC(=O)Nc1c(Cl)cccc1Cl. The van der Waals surface area contributed by atoms with Gasteiger partial charge in [0.25, 0.3) is 5.91 Å². The summed E-state index contributed by atoms with van der Waals surface area (Å²) in [5, 5.41) is 3.99. The van der Waals surface area contributed by atoms with Gasteiger partial charge in [-0.1, -0.05) is 40.9 Å². The highest BCUT2D eigenvalue weighted by Crippen LogP contribution is 2.29. The quantitative estimate of drug-likeness (QED) is 0.850. The molecule has 1 amide bonds. The summed E-state index contributed by atoms with van der Waals surface area (Å²) in [6.07, 6.45) is 0. The zero-order chi connectivity index (χ0) is 15.4. The van der Waals surface area contributed by atoms with Crippen LogP contribution in [0, 0.1) is 6.92 Å². The van der Waals surface area contributed by atoms with Gasteiger partial charge in [-0.05, 0) is 42.8 Å². The van der Waals surface area contributed by atoms with E-state index >= 15 is 0 Å². The van der Waals surface area contributed by atoms with Gasteiger partial charge in [-0.3, -0.25) is 4.79 Å². The van der Waals surface area contributed by atoms with E-state index in [1.54, 1.807) is 36.4 Å². The van der Waals surface area contributed by atoms with Gasteiger partial charge in [0, 0.05) is 5.02 Å². The summed E-state index contributed by atoms with van der Waals surface area (Å²) in [5.41, 5.74) is 1.23. The molecular weight excluding hydrogens is 333 g/mol. The van der Waals surface area contributed by atoms with Crippen molar-refractivity contribution in [1.29, 1.82) is 0 Å². The van der Waals surface area contributed by atoms with Gasteiger partial charge in [0.1, 0.15) is 5.75 Å². The van der Waals surface area contributed by atoms with Gasteiger partial charge in [-0.25, -0.2) is 0 Å². The molecule has 0 saturated carbocycles. The zero-order valence-corrected chi connectivity index (χ0v) is 13.4. The average Bonchev–Trinajstić information content (AvgIpc) is 2.42. The molecule has 21 heavy (non-hydrogen) atoms. The van der Waals surface area contributed by atoms with Crippen molar-refractivity contribution in [1.82, 2.24) is 0 Å². The minimum atomic E-state index is -0.348. The molecule has 0 aliphatic carbocycles. The molecule has 0 aliphatic rings. The molecule has 2 aromatic rings. The van der Waals surface area contributed by atoms with E-state index in [9.17, 15) is 4.79 Å². The number of carbonyl (C=O) groups is 1. The van der Waals surface area contributed by atoms with Crippen LogP contribution in [0.1, 0.15) is 5.56 Å². The Bertz CT molecular complexity index is 654. The minimum Gasteiger partial charge on any atom is -0.483 e. The van der Waals surface area contributed by atoms with Gasteiger partial charge in [0.05, 0.1) is 15.7 Å². The van der Waals surface area contributed by atoms with Crippen LogP contribution in [0.2, 0.25) is 15.1 Å². The van der Waals surface area contributed by atoms with Crippen molar-refractivity contribution in [2.75, 3.05) is 11.9 Å². The first-order valence-electron chi connectivity index (χ1n) is 6.10. The second-order valence-corrected chi connectivity index (χ2v) is 5.59. The van der Waals surface area contributed by atoms with Crippen molar-refractivity contribution in [3.63, 3.8) is 0 Å². The molecular formula is C15H12Cl3NO2. The largest absolute Gasteiger partial charge is 0.483 e. The van der Waals surface area contributed by atoms with Crippen LogP contribution in [0.4, 0.5) is 5.69 Å². The number of nitrogens with one attached hydrogen (secondary N) is 1. The van der Waals surface area contributed by atoms with E-state index in [0.29, 0.717) is 26.5 Å². The fourth-order valence-electron chi connectivity index (χ4n) is 1.71. The first-order valence-corrected chi connectivity index (χ1v) is 7.23. The highest BCUT2D eigenvalue weighted by Gasteiger charge is 2.10. The first-order chi connectivity index (χ1) is 9.97. The highest BCUT2D eigenvalue weighted by molar-refractivity contribution is 6.39. The minimum absolute atomic E-state index is 0.149. The average molecular weight is 345 g/mol. The molecule has 3 nitrogen and oxygen atoms in total. The number of hydrogen-bond donors (Lipinski definition) is 1. The summed E-state index contributed by atoms with van der Waals surface area (Å²) in [6, 6.07) is 10.2. The Labute approximate surface area is 137 Å². The van der Waals surface area contributed by atoms with Crippen molar-refractivity contribution < 1.29 is 9.53 Å². The lowest BCUT2D eigenvalue weighted by molar-refractivity contribution is -0.118. The van der Waals surface area contributed by atoms with Crippen LogP contribution in [0.5, 0.6) is 5.75 Å². The van der Waals surface area contributed by atoms with Gasteiger partial charge in [-0.15, -0.1) is 0 Å². The maximum atomic E-state index is 11.9. The van der Waals surface area contributed by atoms with E-state index in [1.165, 1.54) is 0 Å². The van der Waals surface area contributed by atoms with E-state index in [-0.39, 0.29) is 12.5 Å². The van der Waals surface area contributed by atoms with Gasteiger partial charge >= 0.3 is 0 Å². The molecule has 0 unspecified atom stereocenters. The van der Waals surface area contributed by atoms with E-state index in [0.717, 1.165) is 5.56 Å².